The van der Waals surface area contributed by atoms with Crippen LogP contribution in [0.1, 0.15) is 15.9 Å². The highest BCUT2D eigenvalue weighted by atomic mass is 16.1. The van der Waals surface area contributed by atoms with Gasteiger partial charge >= 0.3 is 0 Å². The number of hydrogen-bond acceptors (Lipinski definition) is 3. The minimum Gasteiger partial charge on any atom is -0.348 e. The van der Waals surface area contributed by atoms with Crippen molar-refractivity contribution in [2.75, 3.05) is 0 Å². The smallest absolute Gasteiger partial charge is 0.251 e. The molecule has 0 spiro atoms. The fraction of sp³-hybridized carbons (Fsp3) is 0.0625. The van der Waals surface area contributed by atoms with Crippen molar-refractivity contribution in [3.63, 3.8) is 0 Å². The average molecular weight is 278 g/mol. The maximum absolute atomic E-state index is 12.1. The minimum atomic E-state index is -0.0935. The standard InChI is InChI=1S/C16H14N4O/c21-16(18-10-13-4-2-1-3-5-13)14-6-8-15(9-7-14)20-12-17-11-19-20/h1-9,11-12H,10H2,(H,18,21). The summed E-state index contributed by atoms with van der Waals surface area (Å²) in [4.78, 5) is 16.0. The lowest BCUT2D eigenvalue weighted by Gasteiger charge is -2.06. The van der Waals surface area contributed by atoms with E-state index in [-0.39, 0.29) is 5.91 Å². The van der Waals surface area contributed by atoms with Gasteiger partial charge in [-0.2, -0.15) is 5.10 Å². The van der Waals surface area contributed by atoms with Crippen LogP contribution in [0.5, 0.6) is 0 Å². The van der Waals surface area contributed by atoms with Crippen molar-refractivity contribution >= 4 is 5.91 Å². The Morgan fingerprint density at radius 1 is 1.05 bits per heavy atom. The molecule has 0 aliphatic heterocycles. The third-order valence-corrected chi connectivity index (χ3v) is 3.11. The van der Waals surface area contributed by atoms with Crippen molar-refractivity contribution in [2.45, 2.75) is 6.54 Å². The predicted molar refractivity (Wildman–Crippen MR) is 79.0 cm³/mol. The fourth-order valence-corrected chi connectivity index (χ4v) is 1.99. The zero-order valence-electron chi connectivity index (χ0n) is 11.3. The summed E-state index contributed by atoms with van der Waals surface area (Å²) < 4.78 is 1.64. The van der Waals surface area contributed by atoms with Crippen LogP contribution in [0.3, 0.4) is 0 Å². The van der Waals surface area contributed by atoms with E-state index < -0.39 is 0 Å². The van der Waals surface area contributed by atoms with E-state index in [0.717, 1.165) is 11.3 Å². The molecule has 5 nitrogen and oxygen atoms in total. The van der Waals surface area contributed by atoms with Gasteiger partial charge in [-0.15, -0.1) is 0 Å². The quantitative estimate of drug-likeness (QED) is 0.796. The molecule has 0 saturated heterocycles. The van der Waals surface area contributed by atoms with Gasteiger partial charge < -0.3 is 5.32 Å². The first-order chi connectivity index (χ1) is 10.3. The zero-order valence-corrected chi connectivity index (χ0v) is 11.3. The lowest BCUT2D eigenvalue weighted by Crippen LogP contribution is -2.22. The van der Waals surface area contributed by atoms with Crippen LogP contribution in [0.4, 0.5) is 0 Å². The van der Waals surface area contributed by atoms with Gasteiger partial charge in [0, 0.05) is 12.1 Å². The van der Waals surface area contributed by atoms with E-state index in [4.69, 9.17) is 0 Å². The maximum atomic E-state index is 12.1. The fourth-order valence-electron chi connectivity index (χ4n) is 1.99. The van der Waals surface area contributed by atoms with E-state index in [9.17, 15) is 4.79 Å². The van der Waals surface area contributed by atoms with Gasteiger partial charge in [0.2, 0.25) is 0 Å². The van der Waals surface area contributed by atoms with E-state index in [1.807, 2.05) is 42.5 Å². The lowest BCUT2D eigenvalue weighted by atomic mass is 10.2. The monoisotopic (exact) mass is 278 g/mol. The minimum absolute atomic E-state index is 0.0935. The van der Waals surface area contributed by atoms with E-state index in [2.05, 4.69) is 15.4 Å². The van der Waals surface area contributed by atoms with Crippen LogP contribution in [0, 0.1) is 0 Å². The molecule has 0 unspecified atom stereocenters. The highest BCUT2D eigenvalue weighted by molar-refractivity contribution is 5.94. The first kappa shape index (κ1) is 13.1. The first-order valence-electron chi connectivity index (χ1n) is 6.60. The molecule has 0 radical (unpaired) electrons. The average Bonchev–Trinajstić information content (AvgIpc) is 3.08. The Morgan fingerprint density at radius 3 is 2.48 bits per heavy atom. The van der Waals surface area contributed by atoms with Crippen LogP contribution in [-0.4, -0.2) is 20.7 Å². The summed E-state index contributed by atoms with van der Waals surface area (Å²) in [6, 6.07) is 17.0. The van der Waals surface area contributed by atoms with Crippen molar-refractivity contribution in [2.24, 2.45) is 0 Å². The number of rotatable bonds is 4. The third-order valence-electron chi connectivity index (χ3n) is 3.11. The number of aromatic nitrogens is 3. The first-order valence-corrected chi connectivity index (χ1v) is 6.60. The SMILES string of the molecule is O=C(NCc1ccccc1)c1ccc(-n2cncn2)cc1. The topological polar surface area (TPSA) is 59.8 Å². The van der Waals surface area contributed by atoms with Crippen molar-refractivity contribution < 1.29 is 4.79 Å². The van der Waals surface area contributed by atoms with Gasteiger partial charge in [0.1, 0.15) is 12.7 Å². The van der Waals surface area contributed by atoms with E-state index >= 15 is 0 Å². The molecule has 1 aromatic heterocycles. The summed E-state index contributed by atoms with van der Waals surface area (Å²) in [5.41, 5.74) is 2.56. The van der Waals surface area contributed by atoms with Crippen LogP contribution in [0.2, 0.25) is 0 Å². The maximum Gasteiger partial charge on any atom is 0.251 e. The van der Waals surface area contributed by atoms with Crippen LogP contribution >= 0.6 is 0 Å². The number of amides is 1. The molecule has 21 heavy (non-hydrogen) atoms. The van der Waals surface area contributed by atoms with Crippen molar-refractivity contribution in [1.82, 2.24) is 20.1 Å². The largest absolute Gasteiger partial charge is 0.348 e. The van der Waals surface area contributed by atoms with Crippen LogP contribution in [-0.2, 0) is 6.54 Å². The molecule has 0 aliphatic rings. The summed E-state index contributed by atoms with van der Waals surface area (Å²) >= 11 is 0. The van der Waals surface area contributed by atoms with Gasteiger partial charge in [0.05, 0.1) is 5.69 Å². The second-order valence-electron chi connectivity index (χ2n) is 4.56. The molecule has 0 saturated carbocycles. The molecule has 3 rings (SSSR count). The van der Waals surface area contributed by atoms with E-state index in [0.29, 0.717) is 12.1 Å². The molecule has 2 aromatic carbocycles. The number of nitrogens with zero attached hydrogens (tertiary/aromatic N) is 3. The van der Waals surface area contributed by atoms with Gasteiger partial charge in [0.25, 0.3) is 5.91 Å². The molecule has 1 N–H and O–H groups in total. The normalized spacial score (nSPS) is 10.3. The van der Waals surface area contributed by atoms with Crippen LogP contribution in [0.15, 0.2) is 67.3 Å². The van der Waals surface area contributed by atoms with Gasteiger partial charge in [-0.25, -0.2) is 9.67 Å². The Labute approximate surface area is 122 Å². The van der Waals surface area contributed by atoms with E-state index in [1.165, 1.54) is 6.33 Å². The Kier molecular flexibility index (Phi) is 3.73. The van der Waals surface area contributed by atoms with Crippen LogP contribution < -0.4 is 5.32 Å². The molecular weight excluding hydrogens is 264 g/mol. The number of carbonyl (C=O) groups excluding carboxylic acids is 1. The summed E-state index contributed by atoms with van der Waals surface area (Å²) in [5, 5.41) is 6.94. The molecule has 0 fully saturated rings. The van der Waals surface area contributed by atoms with Gasteiger partial charge in [-0.1, -0.05) is 30.3 Å². The molecule has 0 aliphatic carbocycles. The number of nitrogens with one attached hydrogen (secondary N) is 1. The molecule has 3 aromatic rings. The summed E-state index contributed by atoms with van der Waals surface area (Å²) in [7, 11) is 0. The molecular formula is C16H14N4O. The second kappa shape index (κ2) is 6.00. The second-order valence-corrected chi connectivity index (χ2v) is 4.56. The summed E-state index contributed by atoms with van der Waals surface area (Å²) in [6.07, 6.45) is 3.09. The van der Waals surface area contributed by atoms with Gasteiger partial charge in [0.15, 0.2) is 0 Å². The summed E-state index contributed by atoms with van der Waals surface area (Å²) in [5.74, 6) is -0.0935. The number of hydrogen-bond donors (Lipinski definition) is 1. The van der Waals surface area contributed by atoms with Crippen molar-refractivity contribution in [3.05, 3.63) is 78.4 Å². The molecule has 1 amide bonds. The van der Waals surface area contributed by atoms with Crippen molar-refractivity contribution in [3.8, 4) is 5.69 Å². The highest BCUT2D eigenvalue weighted by Gasteiger charge is 2.05. The molecule has 0 atom stereocenters. The Bertz CT molecular complexity index is 706. The molecule has 0 bridgehead atoms. The third kappa shape index (κ3) is 3.14. The molecule has 104 valence electrons. The number of benzene rings is 2. The highest BCUT2D eigenvalue weighted by Crippen LogP contribution is 2.08. The Balaban J connectivity index is 1.65. The zero-order chi connectivity index (χ0) is 14.5. The predicted octanol–water partition coefficient (Wildman–Crippen LogP) is 2.20. The van der Waals surface area contributed by atoms with E-state index in [1.54, 1.807) is 23.1 Å². The number of carbonyl (C=O) groups is 1. The summed E-state index contributed by atoms with van der Waals surface area (Å²) in [6.45, 7) is 0.518. The molecule has 5 heteroatoms. The van der Waals surface area contributed by atoms with Gasteiger partial charge in [-0.05, 0) is 29.8 Å². The van der Waals surface area contributed by atoms with Gasteiger partial charge in [-0.3, -0.25) is 4.79 Å². The van der Waals surface area contributed by atoms with Crippen molar-refractivity contribution in [1.29, 1.82) is 0 Å². The Morgan fingerprint density at radius 2 is 1.81 bits per heavy atom. The lowest BCUT2D eigenvalue weighted by molar-refractivity contribution is 0.0951. The molecule has 1 heterocycles. The van der Waals surface area contributed by atoms with Crippen LogP contribution in [0.25, 0.3) is 5.69 Å². The Hall–Kier alpha value is -2.95.